The van der Waals surface area contributed by atoms with Crippen molar-refractivity contribution in [2.75, 3.05) is 0 Å². The minimum absolute atomic E-state index is 0. The molecular formula is C28H28Na2O11S3. The van der Waals surface area contributed by atoms with Gasteiger partial charge in [-0.05, 0) is 23.3 Å². The Morgan fingerprint density at radius 3 is 1.11 bits per heavy atom. The predicted octanol–water partition coefficient (Wildman–Crippen LogP) is -1.69. The van der Waals surface area contributed by atoms with E-state index in [1.807, 2.05) is 60.7 Å². The van der Waals surface area contributed by atoms with Crippen molar-refractivity contribution in [2.24, 2.45) is 0 Å². The Morgan fingerprint density at radius 2 is 0.818 bits per heavy atom. The van der Waals surface area contributed by atoms with Crippen LogP contribution < -0.4 is 68.6 Å². The Bertz CT molecular complexity index is 1500. The van der Waals surface area contributed by atoms with E-state index in [2.05, 4.69) is 0 Å². The quantitative estimate of drug-likeness (QED) is 0.110. The van der Waals surface area contributed by atoms with Gasteiger partial charge < -0.3 is 18.6 Å². The van der Waals surface area contributed by atoms with E-state index in [1.54, 1.807) is 48.5 Å². The summed E-state index contributed by atoms with van der Waals surface area (Å²) in [4.78, 5) is 0. The van der Waals surface area contributed by atoms with E-state index in [0.29, 0.717) is 35.8 Å². The number of para-hydroxylation sites is 2. The minimum Gasteiger partial charge on any atom is -0.784 e. The molecule has 0 atom stereocenters. The molecule has 0 saturated heterocycles. The van der Waals surface area contributed by atoms with E-state index in [4.69, 9.17) is 31.9 Å². The summed E-state index contributed by atoms with van der Waals surface area (Å²) in [7, 11) is -8.13. The molecule has 0 bridgehead atoms. The fourth-order valence-electron chi connectivity index (χ4n) is 3.39. The van der Waals surface area contributed by atoms with Gasteiger partial charge in [0, 0.05) is 11.1 Å². The van der Waals surface area contributed by atoms with Gasteiger partial charge in [-0.3, -0.25) is 13.3 Å². The van der Waals surface area contributed by atoms with Crippen LogP contribution >= 0.6 is 0 Å². The SMILES string of the molecule is O=S(=O)(O)Cc1ccccc1OCc1ccccc1.O=S(=O)(O)Cc1ccccc1OCc1ccccc1.O=S([O-])[O-].[Na+].[Na+]. The molecule has 0 fully saturated rings. The van der Waals surface area contributed by atoms with Crippen molar-refractivity contribution < 1.29 is 108 Å². The second kappa shape index (κ2) is 22.0. The van der Waals surface area contributed by atoms with Gasteiger partial charge in [-0.2, -0.15) is 16.8 Å². The molecule has 0 aromatic heterocycles. The van der Waals surface area contributed by atoms with E-state index in [0.717, 1.165) is 11.1 Å². The predicted molar refractivity (Wildman–Crippen MR) is 155 cm³/mol. The van der Waals surface area contributed by atoms with Crippen molar-refractivity contribution in [2.45, 2.75) is 24.7 Å². The van der Waals surface area contributed by atoms with Crippen molar-refractivity contribution >= 4 is 31.6 Å². The second-order valence-electron chi connectivity index (χ2n) is 8.42. The van der Waals surface area contributed by atoms with Gasteiger partial charge in [-0.1, -0.05) is 97.1 Å². The van der Waals surface area contributed by atoms with Gasteiger partial charge in [0.1, 0.15) is 36.2 Å². The molecule has 2 N–H and O–H groups in total. The first kappa shape index (κ1) is 42.4. The maximum atomic E-state index is 10.9. The molecule has 4 aromatic rings. The fourth-order valence-corrected chi connectivity index (χ4v) is 4.65. The van der Waals surface area contributed by atoms with E-state index >= 15 is 0 Å². The standard InChI is InChI=1S/2C14H14O4S.2Na.H2O3S/c2*15-19(16,17)11-13-8-4-5-9-14(13)18-10-12-6-2-1-3-7-12;;;1-4(2)3/h2*1-9H,10-11H2,(H,15,16,17);;;(H2,1,2,3)/q;;2*+1;/p-2. The Balaban J connectivity index is 0.000000720. The fraction of sp³-hybridized carbons (Fsp3) is 0.143. The summed E-state index contributed by atoms with van der Waals surface area (Å²) >= 11 is -3.11. The van der Waals surface area contributed by atoms with Crippen LogP contribution in [0.4, 0.5) is 0 Å². The third-order valence-electron chi connectivity index (χ3n) is 5.10. The number of rotatable bonds is 10. The monoisotopic (exact) mass is 682 g/mol. The zero-order chi connectivity index (χ0) is 31.0. The van der Waals surface area contributed by atoms with Crippen LogP contribution in [0.15, 0.2) is 109 Å². The molecule has 16 heteroatoms. The second-order valence-corrected chi connectivity index (χ2v) is 11.7. The van der Waals surface area contributed by atoms with Gasteiger partial charge in [0.05, 0.1) is 0 Å². The summed E-state index contributed by atoms with van der Waals surface area (Å²) in [5, 5.41) is 0. The molecule has 0 heterocycles. The van der Waals surface area contributed by atoms with Crippen molar-refractivity contribution in [1.82, 2.24) is 0 Å². The van der Waals surface area contributed by atoms with Crippen molar-refractivity contribution in [3.63, 3.8) is 0 Å². The molecule has 11 nitrogen and oxygen atoms in total. The van der Waals surface area contributed by atoms with Crippen LogP contribution in [0.5, 0.6) is 11.5 Å². The van der Waals surface area contributed by atoms with Crippen LogP contribution in [0.2, 0.25) is 0 Å². The largest absolute Gasteiger partial charge is 1.00 e. The van der Waals surface area contributed by atoms with Gasteiger partial charge in [-0.25, -0.2) is 0 Å². The molecule has 44 heavy (non-hydrogen) atoms. The number of benzene rings is 4. The Hall–Kier alpha value is -1.63. The minimum atomic E-state index is -4.06. The van der Waals surface area contributed by atoms with Gasteiger partial charge in [-0.15, -0.1) is 11.4 Å². The first-order valence-corrected chi connectivity index (χ1v) is 16.2. The maximum Gasteiger partial charge on any atom is 1.00 e. The van der Waals surface area contributed by atoms with Crippen LogP contribution in [0.25, 0.3) is 0 Å². The molecule has 4 aromatic carbocycles. The molecular weight excluding hydrogens is 654 g/mol. The van der Waals surface area contributed by atoms with E-state index < -0.39 is 43.1 Å². The average molecular weight is 683 g/mol. The zero-order valence-corrected chi connectivity index (χ0v) is 30.5. The Labute approximate surface area is 304 Å². The van der Waals surface area contributed by atoms with Crippen LogP contribution in [0.3, 0.4) is 0 Å². The van der Waals surface area contributed by atoms with Gasteiger partial charge >= 0.3 is 59.1 Å². The van der Waals surface area contributed by atoms with Crippen LogP contribution in [0, 0.1) is 0 Å². The average Bonchev–Trinajstić information content (AvgIpc) is 2.92. The van der Waals surface area contributed by atoms with Crippen molar-refractivity contribution in [1.29, 1.82) is 0 Å². The molecule has 0 spiro atoms. The molecule has 4 rings (SSSR count). The third kappa shape index (κ3) is 19.7. The molecule has 0 amide bonds. The topological polar surface area (TPSA) is 190 Å². The smallest absolute Gasteiger partial charge is 0.784 e. The first-order chi connectivity index (χ1) is 19.8. The van der Waals surface area contributed by atoms with Crippen molar-refractivity contribution in [3.05, 3.63) is 131 Å². The first-order valence-electron chi connectivity index (χ1n) is 12.0. The third-order valence-corrected chi connectivity index (χ3v) is 6.45. The summed E-state index contributed by atoms with van der Waals surface area (Å²) in [6, 6.07) is 32.7. The Morgan fingerprint density at radius 1 is 0.545 bits per heavy atom. The summed E-state index contributed by atoms with van der Waals surface area (Å²) in [6.07, 6.45) is 0. The molecule has 0 aliphatic rings. The van der Waals surface area contributed by atoms with E-state index in [1.165, 1.54) is 0 Å². The van der Waals surface area contributed by atoms with Gasteiger partial charge in [0.25, 0.3) is 20.2 Å². The molecule has 0 aliphatic heterocycles. The molecule has 0 unspecified atom stereocenters. The molecule has 226 valence electrons. The van der Waals surface area contributed by atoms with Crippen LogP contribution in [-0.4, -0.2) is 39.3 Å². The number of hydrogen-bond donors (Lipinski definition) is 2. The summed E-state index contributed by atoms with van der Waals surface area (Å²) in [5.41, 5.74) is 2.87. The van der Waals surface area contributed by atoms with Crippen LogP contribution in [0.1, 0.15) is 22.3 Å². The molecule has 0 radical (unpaired) electrons. The summed E-state index contributed by atoms with van der Waals surface area (Å²) in [6.45, 7) is 0.701. The van der Waals surface area contributed by atoms with E-state index in [9.17, 15) is 16.8 Å². The molecule has 0 saturated carbocycles. The number of ether oxygens (including phenoxy) is 2. The zero-order valence-electron chi connectivity index (χ0n) is 24.0. The molecule has 0 aliphatic carbocycles. The maximum absolute atomic E-state index is 10.9. The van der Waals surface area contributed by atoms with E-state index in [-0.39, 0.29) is 59.1 Å². The van der Waals surface area contributed by atoms with Crippen molar-refractivity contribution in [3.8, 4) is 11.5 Å². The summed E-state index contributed by atoms with van der Waals surface area (Å²) < 4.78 is 98.0. The Kier molecular flexibility index (Phi) is 21.2. The normalized spacial score (nSPS) is 10.5. The number of hydrogen-bond acceptors (Lipinski definition) is 9. The summed E-state index contributed by atoms with van der Waals surface area (Å²) in [5.74, 6) is 0.0311. The van der Waals surface area contributed by atoms with Gasteiger partial charge in [0.2, 0.25) is 0 Å². The van der Waals surface area contributed by atoms with Gasteiger partial charge in [0.15, 0.2) is 0 Å². The van der Waals surface area contributed by atoms with Crippen LogP contribution in [-0.2, 0) is 56.3 Å².